The highest BCUT2D eigenvalue weighted by Crippen LogP contribution is 2.42. The van der Waals surface area contributed by atoms with E-state index in [1.807, 2.05) is 65.0 Å². The highest BCUT2D eigenvalue weighted by Gasteiger charge is 2.44. The number of benzene rings is 1. The maximum atomic E-state index is 12.7. The summed E-state index contributed by atoms with van der Waals surface area (Å²) in [7, 11) is 0. The molecule has 1 unspecified atom stereocenters. The first-order valence-corrected chi connectivity index (χ1v) is 11.9. The minimum absolute atomic E-state index is 0.0711. The number of fused-ring (bicyclic) bond motifs is 1. The van der Waals surface area contributed by atoms with Crippen LogP contribution in [0.2, 0.25) is 0 Å². The lowest BCUT2D eigenvalue weighted by atomic mass is 9.88. The number of para-hydroxylation sites is 1. The Bertz CT molecular complexity index is 1100. The molecule has 2 amide bonds. The van der Waals surface area contributed by atoms with Gasteiger partial charge in [0.15, 0.2) is 0 Å². The fraction of sp³-hybridized carbons (Fsp3) is 0.444. The van der Waals surface area contributed by atoms with E-state index < -0.39 is 11.2 Å². The maximum absolute atomic E-state index is 12.7. The Morgan fingerprint density at radius 1 is 1.15 bits per heavy atom. The van der Waals surface area contributed by atoms with Gasteiger partial charge in [-0.1, -0.05) is 24.3 Å². The largest absolute Gasteiger partial charge is 0.481 e. The topological polar surface area (TPSA) is 72.0 Å². The number of carbonyl (C=O) groups excluding carboxylic acids is 2. The van der Waals surface area contributed by atoms with Crippen LogP contribution in [-0.4, -0.2) is 64.2 Å². The van der Waals surface area contributed by atoms with Crippen LogP contribution in [0, 0.1) is 0 Å². The summed E-state index contributed by atoms with van der Waals surface area (Å²) in [6, 6.07) is 11.6. The van der Waals surface area contributed by atoms with Gasteiger partial charge in [0.2, 0.25) is 0 Å². The van der Waals surface area contributed by atoms with E-state index in [1.165, 1.54) is 0 Å². The van der Waals surface area contributed by atoms with Gasteiger partial charge in [0, 0.05) is 43.4 Å². The molecule has 2 aliphatic heterocycles. The van der Waals surface area contributed by atoms with E-state index in [2.05, 4.69) is 11.1 Å². The summed E-state index contributed by atoms with van der Waals surface area (Å²) in [6.45, 7) is 11.8. The number of nitrogens with zero attached hydrogens (tertiary/aromatic N) is 3. The SMILES string of the molecule is CCN(CC)C(=O)c1ccc(C2=CC3(CCN(C(=O)OC(C)(C)C)C3)Oc3ccccc32)cn1. The van der Waals surface area contributed by atoms with Gasteiger partial charge >= 0.3 is 6.09 Å². The quantitative estimate of drug-likeness (QED) is 0.653. The van der Waals surface area contributed by atoms with Crippen molar-refractivity contribution in [1.82, 2.24) is 14.8 Å². The smallest absolute Gasteiger partial charge is 0.410 e. The van der Waals surface area contributed by atoms with E-state index in [4.69, 9.17) is 9.47 Å². The molecule has 1 aromatic carbocycles. The number of ether oxygens (including phenoxy) is 2. The average Bonchev–Trinajstić information content (AvgIpc) is 3.21. The fourth-order valence-electron chi connectivity index (χ4n) is 4.45. The molecule has 1 fully saturated rings. The Morgan fingerprint density at radius 2 is 1.88 bits per heavy atom. The average molecular weight is 464 g/mol. The molecule has 7 heteroatoms. The lowest BCUT2D eigenvalue weighted by Crippen LogP contribution is -2.42. The summed E-state index contributed by atoms with van der Waals surface area (Å²) in [6.07, 6.45) is 4.18. The number of rotatable bonds is 4. The number of amides is 2. The Morgan fingerprint density at radius 3 is 2.53 bits per heavy atom. The van der Waals surface area contributed by atoms with Crippen molar-refractivity contribution in [2.24, 2.45) is 0 Å². The molecule has 1 spiro atoms. The monoisotopic (exact) mass is 463 g/mol. The van der Waals surface area contributed by atoms with E-state index in [1.54, 1.807) is 22.1 Å². The Balaban J connectivity index is 1.65. The molecule has 0 N–H and O–H groups in total. The first kappa shape index (κ1) is 23.8. The molecule has 2 aromatic rings. The van der Waals surface area contributed by atoms with E-state index in [0.717, 1.165) is 22.4 Å². The van der Waals surface area contributed by atoms with Crippen LogP contribution in [0.25, 0.3) is 5.57 Å². The van der Waals surface area contributed by atoms with Gasteiger partial charge in [-0.2, -0.15) is 0 Å². The molecule has 0 bridgehead atoms. The van der Waals surface area contributed by atoms with Crippen LogP contribution in [0.15, 0.2) is 48.7 Å². The Labute approximate surface area is 201 Å². The predicted molar refractivity (Wildman–Crippen MR) is 131 cm³/mol. The lowest BCUT2D eigenvalue weighted by Gasteiger charge is -2.34. The number of carbonyl (C=O) groups is 2. The summed E-state index contributed by atoms with van der Waals surface area (Å²) in [5.74, 6) is 0.701. The van der Waals surface area contributed by atoms with Gasteiger partial charge in [0.1, 0.15) is 22.6 Å². The third-order valence-corrected chi connectivity index (χ3v) is 6.16. The second-order valence-electron chi connectivity index (χ2n) is 9.78. The normalized spacial score (nSPS) is 19.3. The molecule has 2 aliphatic rings. The highest BCUT2D eigenvalue weighted by molar-refractivity contribution is 5.93. The fourth-order valence-corrected chi connectivity index (χ4v) is 4.45. The zero-order valence-electron chi connectivity index (χ0n) is 20.6. The summed E-state index contributed by atoms with van der Waals surface area (Å²) in [5, 5.41) is 0. The van der Waals surface area contributed by atoms with Crippen molar-refractivity contribution in [3.05, 3.63) is 65.5 Å². The van der Waals surface area contributed by atoms with Crippen LogP contribution < -0.4 is 4.74 Å². The van der Waals surface area contributed by atoms with Crippen molar-refractivity contribution >= 4 is 17.6 Å². The summed E-state index contributed by atoms with van der Waals surface area (Å²) in [4.78, 5) is 33.3. The van der Waals surface area contributed by atoms with E-state index in [0.29, 0.717) is 38.3 Å². The number of likely N-dealkylation sites (tertiary alicyclic amines) is 1. The van der Waals surface area contributed by atoms with Crippen LogP contribution in [-0.2, 0) is 4.74 Å². The van der Waals surface area contributed by atoms with E-state index in [9.17, 15) is 9.59 Å². The minimum Gasteiger partial charge on any atom is -0.481 e. The number of aromatic nitrogens is 1. The molecule has 1 aromatic heterocycles. The van der Waals surface area contributed by atoms with Crippen LogP contribution >= 0.6 is 0 Å². The number of hydrogen-bond donors (Lipinski definition) is 0. The Kier molecular flexibility index (Phi) is 6.39. The molecule has 180 valence electrons. The molecule has 1 saturated heterocycles. The lowest BCUT2D eigenvalue weighted by molar-refractivity contribution is 0.0248. The summed E-state index contributed by atoms with van der Waals surface area (Å²) >= 11 is 0. The van der Waals surface area contributed by atoms with Gasteiger partial charge in [-0.05, 0) is 58.4 Å². The van der Waals surface area contributed by atoms with Crippen molar-refractivity contribution in [3.63, 3.8) is 0 Å². The molecule has 0 saturated carbocycles. The molecule has 3 heterocycles. The van der Waals surface area contributed by atoms with Gasteiger partial charge < -0.3 is 19.3 Å². The molecule has 4 rings (SSSR count). The molecule has 34 heavy (non-hydrogen) atoms. The third-order valence-electron chi connectivity index (χ3n) is 6.16. The van der Waals surface area contributed by atoms with E-state index >= 15 is 0 Å². The molecule has 0 aliphatic carbocycles. The molecule has 0 radical (unpaired) electrons. The van der Waals surface area contributed by atoms with Crippen LogP contribution in [0.5, 0.6) is 5.75 Å². The van der Waals surface area contributed by atoms with Gasteiger partial charge in [-0.3, -0.25) is 9.78 Å². The van der Waals surface area contributed by atoms with Gasteiger partial charge in [0.05, 0.1) is 6.54 Å². The first-order chi connectivity index (χ1) is 16.1. The molecular weight excluding hydrogens is 430 g/mol. The predicted octanol–water partition coefficient (Wildman–Crippen LogP) is 4.77. The molecule has 7 nitrogen and oxygen atoms in total. The van der Waals surface area contributed by atoms with Crippen molar-refractivity contribution in [3.8, 4) is 5.75 Å². The standard InChI is InChI=1S/C27H33N3O4/c1-6-29(7-2)24(31)22-13-12-19(17-28-22)21-16-27(33-23-11-9-8-10-20(21)23)14-15-30(18-27)25(32)34-26(3,4)5/h8-13,16-17H,6-7,14-15,18H2,1-5H3. The maximum Gasteiger partial charge on any atom is 0.410 e. The third kappa shape index (κ3) is 4.79. The summed E-state index contributed by atoms with van der Waals surface area (Å²) in [5.41, 5.74) is 2.10. The van der Waals surface area contributed by atoms with Crippen LogP contribution in [0.4, 0.5) is 4.79 Å². The van der Waals surface area contributed by atoms with E-state index in [-0.39, 0.29) is 12.0 Å². The van der Waals surface area contributed by atoms with Crippen molar-refractivity contribution in [1.29, 1.82) is 0 Å². The van der Waals surface area contributed by atoms with Crippen molar-refractivity contribution in [2.45, 2.75) is 52.2 Å². The van der Waals surface area contributed by atoms with Crippen LogP contribution in [0.3, 0.4) is 0 Å². The highest BCUT2D eigenvalue weighted by atomic mass is 16.6. The number of hydrogen-bond acceptors (Lipinski definition) is 5. The first-order valence-electron chi connectivity index (χ1n) is 11.9. The Hall–Kier alpha value is -3.35. The number of pyridine rings is 1. The second-order valence-corrected chi connectivity index (χ2v) is 9.78. The second kappa shape index (κ2) is 9.12. The van der Waals surface area contributed by atoms with Crippen molar-refractivity contribution in [2.75, 3.05) is 26.2 Å². The zero-order valence-corrected chi connectivity index (χ0v) is 20.6. The van der Waals surface area contributed by atoms with Gasteiger partial charge in [0.25, 0.3) is 5.91 Å². The van der Waals surface area contributed by atoms with Crippen LogP contribution in [0.1, 0.15) is 62.7 Å². The zero-order chi connectivity index (χ0) is 24.5. The van der Waals surface area contributed by atoms with Crippen molar-refractivity contribution < 1.29 is 19.1 Å². The summed E-state index contributed by atoms with van der Waals surface area (Å²) < 4.78 is 12.0. The minimum atomic E-state index is -0.643. The van der Waals surface area contributed by atoms with Gasteiger partial charge in [-0.15, -0.1) is 0 Å². The molecule has 1 atom stereocenters. The van der Waals surface area contributed by atoms with Gasteiger partial charge in [-0.25, -0.2) is 4.79 Å². The molecular formula is C27H33N3O4.